The highest BCUT2D eigenvalue weighted by Crippen LogP contribution is 2.20. The van der Waals surface area contributed by atoms with Gasteiger partial charge in [0.05, 0.1) is 12.5 Å². The summed E-state index contributed by atoms with van der Waals surface area (Å²) in [6, 6.07) is 0. The Labute approximate surface area is 108 Å². The van der Waals surface area contributed by atoms with Crippen LogP contribution in [0.25, 0.3) is 0 Å². The summed E-state index contributed by atoms with van der Waals surface area (Å²) in [5.74, 6) is -3.59. The molecule has 104 valence electrons. The molecule has 0 saturated heterocycles. The summed E-state index contributed by atoms with van der Waals surface area (Å²) < 4.78 is 9.96. The Bertz CT molecular complexity index is 327. The van der Waals surface area contributed by atoms with Gasteiger partial charge in [-0.1, -0.05) is 6.92 Å². The molecule has 0 amide bonds. The van der Waals surface area contributed by atoms with Crippen LogP contribution in [-0.2, 0) is 23.9 Å². The van der Waals surface area contributed by atoms with Gasteiger partial charge in [-0.15, -0.1) is 0 Å². The minimum Gasteiger partial charge on any atom is -0.465 e. The van der Waals surface area contributed by atoms with Crippen LogP contribution >= 0.6 is 0 Å². The predicted molar refractivity (Wildman–Crippen MR) is 65.8 cm³/mol. The molecule has 0 rings (SSSR count). The average Bonchev–Trinajstić information content (AvgIpc) is 2.14. The van der Waals surface area contributed by atoms with Crippen LogP contribution in [-0.4, -0.2) is 29.9 Å². The molecule has 0 aliphatic heterocycles. The quantitative estimate of drug-likeness (QED) is 0.555. The lowest BCUT2D eigenvalue weighted by atomic mass is 9.90. The van der Waals surface area contributed by atoms with Crippen molar-refractivity contribution in [1.29, 1.82) is 0 Å². The first-order chi connectivity index (χ1) is 8.10. The molecular weight excluding hydrogens is 236 g/mol. The minimum atomic E-state index is -1.10. The third-order valence-corrected chi connectivity index (χ3v) is 2.26. The fraction of sp³-hybridized carbons (Fsp3) is 0.769. The maximum atomic E-state index is 11.8. The van der Waals surface area contributed by atoms with Crippen LogP contribution in [0, 0.1) is 11.8 Å². The summed E-state index contributed by atoms with van der Waals surface area (Å²) in [7, 11) is 0. The first-order valence-electron chi connectivity index (χ1n) is 6.00. The fourth-order valence-electron chi connectivity index (χ4n) is 1.48. The molecule has 0 N–H and O–H groups in total. The van der Waals surface area contributed by atoms with E-state index < -0.39 is 35.2 Å². The van der Waals surface area contributed by atoms with Crippen molar-refractivity contribution in [3.05, 3.63) is 0 Å². The third-order valence-electron chi connectivity index (χ3n) is 2.26. The Morgan fingerprint density at radius 3 is 1.94 bits per heavy atom. The molecule has 18 heavy (non-hydrogen) atoms. The topological polar surface area (TPSA) is 69.7 Å². The molecule has 5 nitrogen and oxygen atoms in total. The number of carbonyl (C=O) groups excluding carboxylic acids is 3. The largest absolute Gasteiger partial charge is 0.465 e. The molecule has 2 unspecified atom stereocenters. The molecule has 0 aliphatic carbocycles. The summed E-state index contributed by atoms with van der Waals surface area (Å²) in [4.78, 5) is 34.9. The van der Waals surface area contributed by atoms with Crippen molar-refractivity contribution in [2.75, 3.05) is 6.61 Å². The monoisotopic (exact) mass is 258 g/mol. The summed E-state index contributed by atoms with van der Waals surface area (Å²) in [6.07, 6.45) is 0. The second-order valence-electron chi connectivity index (χ2n) is 5.16. The Morgan fingerprint density at radius 2 is 1.61 bits per heavy atom. The number of ether oxygens (including phenoxy) is 2. The number of esters is 2. The van der Waals surface area contributed by atoms with E-state index in [1.807, 2.05) is 0 Å². The summed E-state index contributed by atoms with van der Waals surface area (Å²) in [5.41, 5.74) is -0.651. The molecule has 0 aromatic carbocycles. The van der Waals surface area contributed by atoms with Crippen molar-refractivity contribution in [1.82, 2.24) is 0 Å². The van der Waals surface area contributed by atoms with Crippen molar-refractivity contribution in [3.8, 4) is 0 Å². The zero-order chi connectivity index (χ0) is 14.5. The van der Waals surface area contributed by atoms with Crippen LogP contribution in [0.1, 0.15) is 41.5 Å². The summed E-state index contributed by atoms with van der Waals surface area (Å²) in [6.45, 7) is 9.76. The molecule has 0 bridgehead atoms. The maximum absolute atomic E-state index is 11.8. The van der Waals surface area contributed by atoms with Gasteiger partial charge in [0, 0.05) is 0 Å². The predicted octanol–water partition coefficient (Wildman–Crippen LogP) is 1.73. The van der Waals surface area contributed by atoms with Gasteiger partial charge in [-0.3, -0.25) is 14.4 Å². The van der Waals surface area contributed by atoms with E-state index in [2.05, 4.69) is 0 Å². The highest BCUT2D eigenvalue weighted by Gasteiger charge is 2.37. The molecule has 0 spiro atoms. The lowest BCUT2D eigenvalue weighted by Gasteiger charge is -2.24. The highest BCUT2D eigenvalue weighted by atomic mass is 16.6. The molecule has 0 heterocycles. The number of hydrogen-bond donors (Lipinski definition) is 0. The van der Waals surface area contributed by atoms with Gasteiger partial charge in [-0.05, 0) is 34.6 Å². The van der Waals surface area contributed by atoms with Crippen molar-refractivity contribution in [2.24, 2.45) is 11.8 Å². The zero-order valence-corrected chi connectivity index (χ0v) is 11.9. The van der Waals surface area contributed by atoms with Gasteiger partial charge >= 0.3 is 11.9 Å². The van der Waals surface area contributed by atoms with E-state index in [0.29, 0.717) is 0 Å². The average molecular weight is 258 g/mol. The van der Waals surface area contributed by atoms with Crippen LogP contribution in [0.15, 0.2) is 0 Å². The molecular formula is C13H22O5. The third kappa shape index (κ3) is 5.29. The van der Waals surface area contributed by atoms with Crippen molar-refractivity contribution >= 4 is 17.7 Å². The van der Waals surface area contributed by atoms with Gasteiger partial charge in [-0.2, -0.15) is 0 Å². The number of ketones is 1. The standard InChI is InChI=1S/C13H22O5/c1-7-17-12(16)10(9(3)14)8(2)11(15)18-13(4,5)6/h8,10H,7H2,1-6H3. The number of hydrogen-bond acceptors (Lipinski definition) is 5. The molecule has 0 aromatic rings. The Balaban J connectivity index is 4.87. The smallest absolute Gasteiger partial charge is 0.317 e. The van der Waals surface area contributed by atoms with Crippen LogP contribution in [0.4, 0.5) is 0 Å². The van der Waals surface area contributed by atoms with Gasteiger partial charge in [0.2, 0.25) is 0 Å². The second-order valence-corrected chi connectivity index (χ2v) is 5.16. The van der Waals surface area contributed by atoms with Crippen LogP contribution < -0.4 is 0 Å². The van der Waals surface area contributed by atoms with E-state index in [1.54, 1.807) is 27.7 Å². The number of rotatable bonds is 5. The van der Waals surface area contributed by atoms with Gasteiger partial charge in [-0.25, -0.2) is 0 Å². The fourth-order valence-corrected chi connectivity index (χ4v) is 1.48. The molecule has 2 atom stereocenters. The van der Waals surface area contributed by atoms with Crippen LogP contribution in [0.5, 0.6) is 0 Å². The first kappa shape index (κ1) is 16.6. The molecule has 5 heteroatoms. The van der Waals surface area contributed by atoms with Crippen molar-refractivity contribution < 1.29 is 23.9 Å². The minimum absolute atomic E-state index is 0.170. The summed E-state index contributed by atoms with van der Waals surface area (Å²) in [5, 5.41) is 0. The van der Waals surface area contributed by atoms with Gasteiger partial charge in [0.1, 0.15) is 17.3 Å². The molecule has 0 saturated carbocycles. The molecule has 0 aliphatic rings. The Morgan fingerprint density at radius 1 is 1.11 bits per heavy atom. The molecule has 0 radical (unpaired) electrons. The van der Waals surface area contributed by atoms with E-state index in [4.69, 9.17) is 9.47 Å². The van der Waals surface area contributed by atoms with Crippen molar-refractivity contribution in [3.63, 3.8) is 0 Å². The number of carbonyl (C=O) groups is 3. The van der Waals surface area contributed by atoms with E-state index in [-0.39, 0.29) is 6.61 Å². The van der Waals surface area contributed by atoms with Gasteiger partial charge in [0.25, 0.3) is 0 Å². The first-order valence-corrected chi connectivity index (χ1v) is 6.00. The second kappa shape index (κ2) is 6.52. The zero-order valence-electron chi connectivity index (χ0n) is 11.9. The highest BCUT2D eigenvalue weighted by molar-refractivity contribution is 6.01. The Kier molecular flexibility index (Phi) is 6.01. The summed E-state index contributed by atoms with van der Waals surface area (Å²) >= 11 is 0. The van der Waals surface area contributed by atoms with E-state index >= 15 is 0 Å². The van der Waals surface area contributed by atoms with Crippen LogP contribution in [0.2, 0.25) is 0 Å². The van der Waals surface area contributed by atoms with Gasteiger partial charge in [0.15, 0.2) is 0 Å². The van der Waals surface area contributed by atoms with Crippen molar-refractivity contribution in [2.45, 2.75) is 47.1 Å². The lowest BCUT2D eigenvalue weighted by molar-refractivity contribution is -0.169. The van der Waals surface area contributed by atoms with E-state index in [9.17, 15) is 14.4 Å². The SMILES string of the molecule is CCOC(=O)C(C(C)=O)C(C)C(=O)OC(C)(C)C. The molecule has 0 fully saturated rings. The maximum Gasteiger partial charge on any atom is 0.317 e. The van der Waals surface area contributed by atoms with E-state index in [1.165, 1.54) is 13.8 Å². The molecule has 0 aromatic heterocycles. The van der Waals surface area contributed by atoms with Crippen LogP contribution in [0.3, 0.4) is 0 Å². The normalized spacial score (nSPS) is 14.6. The Hall–Kier alpha value is -1.39. The van der Waals surface area contributed by atoms with E-state index in [0.717, 1.165) is 0 Å². The lowest BCUT2D eigenvalue weighted by Crippen LogP contribution is -2.38. The number of Topliss-reactive ketones (excluding diaryl/α,β-unsaturated/α-hetero) is 1. The van der Waals surface area contributed by atoms with Gasteiger partial charge < -0.3 is 9.47 Å².